The van der Waals surface area contributed by atoms with E-state index in [-0.39, 0.29) is 12.5 Å². The van der Waals surface area contributed by atoms with Crippen molar-refractivity contribution in [3.05, 3.63) is 42.5 Å². The number of likely N-dealkylation sites (N-methyl/N-ethyl adjacent to an activating group) is 1. The fourth-order valence-electron chi connectivity index (χ4n) is 1.88. The third-order valence-corrected chi connectivity index (χ3v) is 3.20. The van der Waals surface area contributed by atoms with Crippen LogP contribution in [0.3, 0.4) is 0 Å². The Labute approximate surface area is 135 Å². The minimum Gasteiger partial charge on any atom is -0.349 e. The smallest absolute Gasteiger partial charge is 0.241 e. The first-order valence-electron chi connectivity index (χ1n) is 7.21. The zero-order valence-electron chi connectivity index (χ0n) is 13.5. The third kappa shape index (κ3) is 4.53. The number of carbonyl (C=O) groups is 1. The molecular weight excluding hydrogens is 294 g/mol. The van der Waals surface area contributed by atoms with Crippen molar-refractivity contribution in [2.75, 3.05) is 27.7 Å². The highest BCUT2D eigenvalue weighted by Crippen LogP contribution is 2.08. The number of carbonyl (C=O) groups excluding carboxylic acids is 1. The summed E-state index contributed by atoms with van der Waals surface area (Å²) in [6.45, 7) is 0.614. The minimum atomic E-state index is -0.0274. The van der Waals surface area contributed by atoms with Crippen molar-refractivity contribution >= 4 is 11.9 Å². The van der Waals surface area contributed by atoms with E-state index in [9.17, 15) is 4.79 Å². The van der Waals surface area contributed by atoms with E-state index >= 15 is 0 Å². The first-order chi connectivity index (χ1) is 11.1. The van der Waals surface area contributed by atoms with Crippen LogP contribution in [-0.4, -0.2) is 59.2 Å². The van der Waals surface area contributed by atoms with Crippen LogP contribution >= 0.6 is 0 Å². The van der Waals surface area contributed by atoms with E-state index in [2.05, 4.69) is 25.8 Å². The SMILES string of the molecule is CN=C(NCC(=O)N(C)C)NCc1nncn1-c1ccccc1. The molecule has 0 radical (unpaired) electrons. The van der Waals surface area contributed by atoms with Crippen LogP contribution in [-0.2, 0) is 11.3 Å². The molecule has 0 bridgehead atoms. The maximum atomic E-state index is 11.6. The molecule has 2 N–H and O–H groups in total. The zero-order valence-corrected chi connectivity index (χ0v) is 13.5. The number of nitrogens with one attached hydrogen (secondary N) is 2. The van der Waals surface area contributed by atoms with Crippen LogP contribution in [0, 0.1) is 0 Å². The molecule has 8 heteroatoms. The van der Waals surface area contributed by atoms with Gasteiger partial charge in [-0.05, 0) is 12.1 Å². The monoisotopic (exact) mass is 315 g/mol. The molecule has 1 aromatic carbocycles. The molecule has 0 atom stereocenters. The summed E-state index contributed by atoms with van der Waals surface area (Å²) >= 11 is 0. The van der Waals surface area contributed by atoms with Crippen molar-refractivity contribution in [1.82, 2.24) is 30.3 Å². The van der Waals surface area contributed by atoms with Gasteiger partial charge < -0.3 is 15.5 Å². The van der Waals surface area contributed by atoms with Crippen molar-refractivity contribution in [3.8, 4) is 5.69 Å². The van der Waals surface area contributed by atoms with Crippen molar-refractivity contribution < 1.29 is 4.79 Å². The average molecular weight is 315 g/mol. The zero-order chi connectivity index (χ0) is 16.7. The van der Waals surface area contributed by atoms with E-state index in [4.69, 9.17) is 0 Å². The van der Waals surface area contributed by atoms with Gasteiger partial charge in [-0.2, -0.15) is 0 Å². The van der Waals surface area contributed by atoms with Gasteiger partial charge in [0.1, 0.15) is 6.33 Å². The molecule has 1 heterocycles. The van der Waals surface area contributed by atoms with Crippen LogP contribution in [0.5, 0.6) is 0 Å². The lowest BCUT2D eigenvalue weighted by Crippen LogP contribution is -2.42. The molecule has 0 spiro atoms. The first-order valence-corrected chi connectivity index (χ1v) is 7.21. The third-order valence-electron chi connectivity index (χ3n) is 3.20. The number of nitrogens with zero attached hydrogens (tertiary/aromatic N) is 5. The lowest BCUT2D eigenvalue weighted by atomic mass is 10.3. The highest BCUT2D eigenvalue weighted by molar-refractivity contribution is 5.86. The molecule has 0 aliphatic rings. The van der Waals surface area contributed by atoms with Crippen molar-refractivity contribution in [1.29, 1.82) is 0 Å². The van der Waals surface area contributed by atoms with Crippen LogP contribution in [0.2, 0.25) is 0 Å². The molecular formula is C15H21N7O. The van der Waals surface area contributed by atoms with Crippen molar-refractivity contribution in [2.45, 2.75) is 6.54 Å². The Balaban J connectivity index is 1.95. The highest BCUT2D eigenvalue weighted by atomic mass is 16.2. The molecule has 2 rings (SSSR count). The van der Waals surface area contributed by atoms with E-state index in [1.54, 1.807) is 27.5 Å². The number of guanidine groups is 1. The van der Waals surface area contributed by atoms with Crippen LogP contribution in [0.25, 0.3) is 5.69 Å². The molecule has 0 saturated carbocycles. The Morgan fingerprint density at radius 1 is 1.26 bits per heavy atom. The number of aliphatic imine (C=N–C) groups is 1. The summed E-state index contributed by atoms with van der Waals surface area (Å²) in [5, 5.41) is 14.1. The van der Waals surface area contributed by atoms with E-state index in [1.807, 2.05) is 34.9 Å². The van der Waals surface area contributed by atoms with Crippen molar-refractivity contribution in [3.63, 3.8) is 0 Å². The van der Waals surface area contributed by atoms with E-state index in [0.717, 1.165) is 11.5 Å². The highest BCUT2D eigenvalue weighted by Gasteiger charge is 2.08. The number of para-hydroxylation sites is 1. The summed E-state index contributed by atoms with van der Waals surface area (Å²) in [5.74, 6) is 1.25. The van der Waals surface area contributed by atoms with Crippen LogP contribution < -0.4 is 10.6 Å². The molecule has 23 heavy (non-hydrogen) atoms. The summed E-state index contributed by atoms with van der Waals surface area (Å²) in [7, 11) is 5.07. The molecule has 8 nitrogen and oxygen atoms in total. The fraction of sp³-hybridized carbons (Fsp3) is 0.333. The van der Waals surface area contributed by atoms with Gasteiger partial charge in [-0.3, -0.25) is 14.4 Å². The quantitative estimate of drug-likeness (QED) is 0.600. The first kappa shape index (κ1) is 16.5. The van der Waals surface area contributed by atoms with Gasteiger partial charge in [0.2, 0.25) is 5.91 Å². The van der Waals surface area contributed by atoms with Crippen LogP contribution in [0.4, 0.5) is 0 Å². The van der Waals surface area contributed by atoms with Gasteiger partial charge in [0.15, 0.2) is 11.8 Å². The molecule has 2 aromatic rings. The fourth-order valence-corrected chi connectivity index (χ4v) is 1.88. The molecule has 0 saturated heterocycles. The molecule has 0 unspecified atom stereocenters. The average Bonchev–Trinajstić information content (AvgIpc) is 3.04. The number of amides is 1. The Bertz CT molecular complexity index is 663. The van der Waals surface area contributed by atoms with E-state index in [1.165, 1.54) is 4.90 Å². The molecule has 1 aromatic heterocycles. The van der Waals surface area contributed by atoms with E-state index in [0.29, 0.717) is 12.5 Å². The maximum absolute atomic E-state index is 11.6. The number of hydrogen-bond donors (Lipinski definition) is 2. The Morgan fingerprint density at radius 2 is 2.00 bits per heavy atom. The van der Waals surface area contributed by atoms with Gasteiger partial charge in [-0.25, -0.2) is 0 Å². The number of aromatic nitrogens is 3. The second-order valence-corrected chi connectivity index (χ2v) is 5.02. The second kappa shape index (κ2) is 7.92. The second-order valence-electron chi connectivity index (χ2n) is 5.02. The number of rotatable bonds is 5. The van der Waals surface area contributed by atoms with Gasteiger partial charge in [-0.15, -0.1) is 10.2 Å². The van der Waals surface area contributed by atoms with Crippen molar-refractivity contribution in [2.24, 2.45) is 4.99 Å². The van der Waals surface area contributed by atoms with Crippen LogP contribution in [0.1, 0.15) is 5.82 Å². The molecule has 122 valence electrons. The lowest BCUT2D eigenvalue weighted by Gasteiger charge is -2.14. The summed E-state index contributed by atoms with van der Waals surface area (Å²) in [6.07, 6.45) is 1.66. The van der Waals surface area contributed by atoms with Gasteiger partial charge in [0.25, 0.3) is 0 Å². The Hall–Kier alpha value is -2.90. The number of hydrogen-bond acceptors (Lipinski definition) is 4. The maximum Gasteiger partial charge on any atom is 0.241 e. The largest absolute Gasteiger partial charge is 0.349 e. The molecule has 0 aliphatic heterocycles. The summed E-state index contributed by atoms with van der Waals surface area (Å²) in [6, 6.07) is 9.84. The Morgan fingerprint density at radius 3 is 2.65 bits per heavy atom. The Kier molecular flexibility index (Phi) is 5.67. The number of benzene rings is 1. The molecule has 0 fully saturated rings. The summed E-state index contributed by atoms with van der Waals surface area (Å²) in [4.78, 5) is 17.2. The van der Waals surface area contributed by atoms with Gasteiger partial charge in [-0.1, -0.05) is 18.2 Å². The predicted octanol–water partition coefficient (Wildman–Crippen LogP) is 0.0205. The van der Waals surface area contributed by atoms with Gasteiger partial charge in [0, 0.05) is 26.8 Å². The molecule has 0 aliphatic carbocycles. The standard InChI is InChI=1S/C15H21N7O/c1-16-15(18-10-14(23)21(2)3)17-9-13-20-19-11-22(13)12-7-5-4-6-8-12/h4-8,11H,9-10H2,1-3H3,(H2,16,17,18). The van der Waals surface area contributed by atoms with E-state index < -0.39 is 0 Å². The normalized spacial score (nSPS) is 11.2. The van der Waals surface area contributed by atoms with Crippen LogP contribution in [0.15, 0.2) is 41.7 Å². The summed E-state index contributed by atoms with van der Waals surface area (Å²) in [5.41, 5.74) is 0.986. The van der Waals surface area contributed by atoms with Gasteiger partial charge >= 0.3 is 0 Å². The lowest BCUT2D eigenvalue weighted by molar-refractivity contribution is -0.127. The van der Waals surface area contributed by atoms with Gasteiger partial charge in [0.05, 0.1) is 13.1 Å². The predicted molar refractivity (Wildman–Crippen MR) is 88.3 cm³/mol. The topological polar surface area (TPSA) is 87.4 Å². The minimum absolute atomic E-state index is 0.0274. The molecule has 1 amide bonds. The summed E-state index contributed by atoms with van der Waals surface area (Å²) < 4.78 is 1.89.